The molecule has 2 aromatic carbocycles. The minimum Gasteiger partial charge on any atom is -0.353 e. The van der Waals surface area contributed by atoms with Crippen molar-refractivity contribution in [3.63, 3.8) is 0 Å². The third-order valence-corrected chi connectivity index (χ3v) is 6.40. The van der Waals surface area contributed by atoms with E-state index in [0.717, 1.165) is 35.4 Å². The largest absolute Gasteiger partial charge is 0.353 e. The maximum absolute atomic E-state index is 12.5. The summed E-state index contributed by atoms with van der Waals surface area (Å²) in [6.07, 6.45) is 8.44. The fraction of sp³-hybridized carbons (Fsp3) is 0.360. The van der Waals surface area contributed by atoms with Gasteiger partial charge in [-0.15, -0.1) is 10.2 Å². The Morgan fingerprint density at radius 1 is 0.806 bits per heavy atom. The van der Waals surface area contributed by atoms with E-state index in [1.165, 1.54) is 43.9 Å². The van der Waals surface area contributed by atoms with Crippen molar-refractivity contribution < 1.29 is 4.79 Å². The van der Waals surface area contributed by atoms with Crippen molar-refractivity contribution in [1.82, 2.24) is 20.5 Å². The van der Waals surface area contributed by atoms with Crippen LogP contribution in [0, 0.1) is 0 Å². The first-order valence-electron chi connectivity index (χ1n) is 11.1. The van der Waals surface area contributed by atoms with Crippen LogP contribution in [0.5, 0.6) is 0 Å². The highest BCUT2D eigenvalue weighted by molar-refractivity contribution is 7.99. The number of nitrogens with zero attached hydrogens (tertiary/aromatic N) is 3. The number of thioether (sulfide) groups is 1. The van der Waals surface area contributed by atoms with Gasteiger partial charge in [-0.2, -0.15) is 0 Å². The van der Waals surface area contributed by atoms with Crippen LogP contribution < -0.4 is 5.32 Å². The molecule has 0 atom stereocenters. The molecule has 5 nitrogen and oxygen atoms in total. The number of benzene rings is 2. The number of hydrogen-bond acceptors (Lipinski definition) is 5. The van der Waals surface area contributed by atoms with Crippen LogP contribution in [0.1, 0.15) is 44.9 Å². The van der Waals surface area contributed by atoms with Crippen molar-refractivity contribution in [2.75, 3.05) is 5.75 Å². The van der Waals surface area contributed by atoms with E-state index in [4.69, 9.17) is 4.98 Å². The molecule has 3 aromatic rings. The van der Waals surface area contributed by atoms with Crippen LogP contribution in [-0.4, -0.2) is 32.9 Å². The molecule has 1 amide bonds. The Hall–Kier alpha value is -2.73. The zero-order valence-corrected chi connectivity index (χ0v) is 18.5. The maximum atomic E-state index is 12.5. The predicted octanol–water partition coefficient (Wildman–Crippen LogP) is 5.53. The van der Waals surface area contributed by atoms with Crippen molar-refractivity contribution in [1.29, 1.82) is 0 Å². The number of amides is 1. The molecule has 1 N–H and O–H groups in total. The second-order valence-corrected chi connectivity index (χ2v) is 8.86. The Balaban J connectivity index is 1.47. The van der Waals surface area contributed by atoms with Gasteiger partial charge in [0.05, 0.1) is 5.75 Å². The van der Waals surface area contributed by atoms with Crippen molar-refractivity contribution in [2.45, 2.75) is 56.1 Å². The molecule has 1 aliphatic rings. The first-order valence-corrected chi connectivity index (χ1v) is 12.1. The monoisotopic (exact) mass is 432 g/mol. The molecule has 0 aliphatic heterocycles. The molecule has 0 bridgehead atoms. The summed E-state index contributed by atoms with van der Waals surface area (Å²) in [4.78, 5) is 17.3. The molecule has 6 heteroatoms. The molecule has 0 saturated heterocycles. The Bertz CT molecular complexity index is 973. The van der Waals surface area contributed by atoms with Crippen LogP contribution in [0.25, 0.3) is 22.5 Å². The lowest BCUT2D eigenvalue weighted by Gasteiger charge is -2.20. The molecule has 0 unspecified atom stereocenters. The maximum Gasteiger partial charge on any atom is 0.230 e. The lowest BCUT2D eigenvalue weighted by atomic mass is 9.97. The summed E-state index contributed by atoms with van der Waals surface area (Å²) < 4.78 is 0. The average Bonchev–Trinajstić information content (AvgIpc) is 2.80. The van der Waals surface area contributed by atoms with Gasteiger partial charge in [-0.25, -0.2) is 4.98 Å². The molecule has 1 aromatic heterocycles. The van der Waals surface area contributed by atoms with Gasteiger partial charge in [0, 0.05) is 17.2 Å². The second kappa shape index (κ2) is 11.0. The quantitative estimate of drug-likeness (QED) is 0.519. The number of rotatable bonds is 6. The highest BCUT2D eigenvalue weighted by atomic mass is 32.2. The fourth-order valence-electron chi connectivity index (χ4n) is 3.96. The molecular formula is C25H28N4OS. The lowest BCUT2D eigenvalue weighted by molar-refractivity contribution is -0.119. The molecule has 1 saturated carbocycles. The zero-order chi connectivity index (χ0) is 21.3. The van der Waals surface area contributed by atoms with Gasteiger partial charge in [-0.1, -0.05) is 105 Å². The Morgan fingerprint density at radius 3 is 2.03 bits per heavy atom. The van der Waals surface area contributed by atoms with Gasteiger partial charge >= 0.3 is 0 Å². The molecule has 0 spiro atoms. The van der Waals surface area contributed by atoms with E-state index in [1.807, 2.05) is 60.7 Å². The summed E-state index contributed by atoms with van der Waals surface area (Å²) in [6.45, 7) is 0. The van der Waals surface area contributed by atoms with E-state index in [0.29, 0.717) is 17.0 Å². The van der Waals surface area contributed by atoms with Gasteiger partial charge in [0.2, 0.25) is 11.1 Å². The minimum atomic E-state index is 0.0487. The standard InChI is InChI=1S/C25H28N4OS/c30-22(26-21-16-10-2-1-3-11-17-21)18-31-25-27-23(19-12-6-4-7-13-19)24(28-29-25)20-14-8-5-9-15-20/h4-9,12-15,21H,1-3,10-11,16-18H2,(H,26,30). The van der Waals surface area contributed by atoms with E-state index in [-0.39, 0.29) is 5.91 Å². The van der Waals surface area contributed by atoms with Crippen molar-refractivity contribution in [3.8, 4) is 22.5 Å². The molecule has 0 radical (unpaired) electrons. The Morgan fingerprint density at radius 2 is 1.39 bits per heavy atom. The smallest absolute Gasteiger partial charge is 0.230 e. The lowest BCUT2D eigenvalue weighted by Crippen LogP contribution is -2.36. The molecule has 4 rings (SSSR count). The van der Waals surface area contributed by atoms with E-state index >= 15 is 0 Å². The zero-order valence-electron chi connectivity index (χ0n) is 17.7. The van der Waals surface area contributed by atoms with Crippen molar-refractivity contribution >= 4 is 17.7 Å². The summed E-state index contributed by atoms with van der Waals surface area (Å²) in [5, 5.41) is 12.5. The highest BCUT2D eigenvalue weighted by Gasteiger charge is 2.17. The van der Waals surface area contributed by atoms with E-state index in [9.17, 15) is 4.79 Å². The molecule has 1 heterocycles. The van der Waals surface area contributed by atoms with Crippen LogP contribution in [0.2, 0.25) is 0 Å². The Kier molecular flexibility index (Phi) is 7.66. The van der Waals surface area contributed by atoms with Gasteiger partial charge < -0.3 is 5.32 Å². The molecule has 31 heavy (non-hydrogen) atoms. The van der Waals surface area contributed by atoms with Gasteiger partial charge in [-0.3, -0.25) is 4.79 Å². The number of hydrogen-bond donors (Lipinski definition) is 1. The number of aromatic nitrogens is 3. The summed E-state index contributed by atoms with van der Waals surface area (Å²) >= 11 is 1.34. The van der Waals surface area contributed by atoms with E-state index < -0.39 is 0 Å². The SMILES string of the molecule is O=C(CSc1nnc(-c2ccccc2)c(-c2ccccc2)n1)NC1CCCCCCC1. The van der Waals surface area contributed by atoms with Gasteiger partial charge in [-0.05, 0) is 12.8 Å². The van der Waals surface area contributed by atoms with Crippen LogP contribution in [-0.2, 0) is 4.79 Å². The van der Waals surface area contributed by atoms with E-state index in [2.05, 4.69) is 15.5 Å². The summed E-state index contributed by atoms with van der Waals surface area (Å²) in [5.74, 6) is 0.351. The van der Waals surface area contributed by atoms with Crippen LogP contribution in [0.3, 0.4) is 0 Å². The topological polar surface area (TPSA) is 67.8 Å². The second-order valence-electron chi connectivity index (χ2n) is 7.92. The van der Waals surface area contributed by atoms with Crippen molar-refractivity contribution in [2.24, 2.45) is 0 Å². The summed E-state index contributed by atoms with van der Waals surface area (Å²) in [5.41, 5.74) is 3.48. The highest BCUT2D eigenvalue weighted by Crippen LogP contribution is 2.29. The Labute approximate surface area is 188 Å². The minimum absolute atomic E-state index is 0.0487. The number of carbonyl (C=O) groups excluding carboxylic acids is 1. The molecule has 1 fully saturated rings. The number of carbonyl (C=O) groups is 1. The predicted molar refractivity (Wildman–Crippen MR) is 126 cm³/mol. The van der Waals surface area contributed by atoms with Crippen LogP contribution in [0.4, 0.5) is 0 Å². The third-order valence-electron chi connectivity index (χ3n) is 5.56. The molecule has 1 aliphatic carbocycles. The molecule has 160 valence electrons. The fourth-order valence-corrected chi connectivity index (χ4v) is 4.56. The summed E-state index contributed by atoms with van der Waals surface area (Å²) in [7, 11) is 0. The first kappa shape index (κ1) is 21.5. The first-order chi connectivity index (χ1) is 15.3. The summed E-state index contributed by atoms with van der Waals surface area (Å²) in [6, 6.07) is 20.2. The van der Waals surface area contributed by atoms with Gasteiger partial charge in [0.15, 0.2) is 0 Å². The van der Waals surface area contributed by atoms with Crippen LogP contribution in [0.15, 0.2) is 65.8 Å². The van der Waals surface area contributed by atoms with Gasteiger partial charge in [0.1, 0.15) is 11.4 Å². The normalized spacial score (nSPS) is 15.1. The average molecular weight is 433 g/mol. The van der Waals surface area contributed by atoms with Crippen molar-refractivity contribution in [3.05, 3.63) is 60.7 Å². The number of nitrogens with one attached hydrogen (secondary N) is 1. The van der Waals surface area contributed by atoms with Gasteiger partial charge in [0.25, 0.3) is 0 Å². The molecular weight excluding hydrogens is 404 g/mol. The van der Waals surface area contributed by atoms with E-state index in [1.54, 1.807) is 0 Å². The third kappa shape index (κ3) is 6.14. The van der Waals surface area contributed by atoms with Crippen LogP contribution >= 0.6 is 11.8 Å².